The minimum absolute atomic E-state index is 0.00713. The molecule has 0 aliphatic carbocycles. The van der Waals surface area contributed by atoms with Gasteiger partial charge in [-0.1, -0.05) is 6.07 Å². The van der Waals surface area contributed by atoms with E-state index in [0.29, 0.717) is 26.2 Å². The highest BCUT2D eigenvalue weighted by atomic mass is 16.3. The molecule has 1 aromatic carbocycles. The minimum Gasteiger partial charge on any atom is -0.504 e. The highest BCUT2D eigenvalue weighted by Crippen LogP contribution is 2.29. The first-order valence-electron chi connectivity index (χ1n) is 6.06. The van der Waals surface area contributed by atoms with Crippen LogP contribution in [-0.2, 0) is 4.79 Å². The van der Waals surface area contributed by atoms with E-state index in [4.69, 9.17) is 0 Å². The molecule has 0 atom stereocenters. The Balaban J connectivity index is 2.09. The molecule has 102 valence electrons. The number of benzene rings is 1. The van der Waals surface area contributed by atoms with Gasteiger partial charge in [0.25, 0.3) is 5.91 Å². The zero-order valence-electron chi connectivity index (χ0n) is 10.7. The van der Waals surface area contributed by atoms with Gasteiger partial charge in [0.15, 0.2) is 11.5 Å². The van der Waals surface area contributed by atoms with Crippen molar-refractivity contribution in [3.63, 3.8) is 0 Å². The van der Waals surface area contributed by atoms with E-state index in [0.717, 1.165) is 0 Å². The lowest BCUT2D eigenvalue weighted by Gasteiger charge is -2.34. The van der Waals surface area contributed by atoms with Gasteiger partial charge in [0, 0.05) is 33.1 Å². The van der Waals surface area contributed by atoms with Crippen molar-refractivity contribution < 1.29 is 19.8 Å². The number of piperazine rings is 1. The van der Waals surface area contributed by atoms with Gasteiger partial charge in [-0.3, -0.25) is 9.59 Å². The minimum atomic E-state index is -0.401. The Morgan fingerprint density at radius 1 is 1.05 bits per heavy atom. The fourth-order valence-corrected chi connectivity index (χ4v) is 2.10. The molecule has 1 aliphatic heterocycles. The van der Waals surface area contributed by atoms with E-state index in [1.54, 1.807) is 9.80 Å². The second kappa shape index (κ2) is 5.17. The van der Waals surface area contributed by atoms with E-state index in [-0.39, 0.29) is 23.1 Å². The van der Waals surface area contributed by atoms with E-state index in [1.807, 2.05) is 0 Å². The van der Waals surface area contributed by atoms with Crippen LogP contribution in [0.15, 0.2) is 18.2 Å². The molecule has 1 fully saturated rings. The van der Waals surface area contributed by atoms with Crippen LogP contribution >= 0.6 is 0 Å². The number of amides is 2. The molecule has 0 unspecified atom stereocenters. The smallest absolute Gasteiger partial charge is 0.257 e. The summed E-state index contributed by atoms with van der Waals surface area (Å²) in [6, 6.07) is 4.29. The third-order valence-electron chi connectivity index (χ3n) is 3.26. The van der Waals surface area contributed by atoms with Crippen LogP contribution in [0.25, 0.3) is 0 Å². The largest absolute Gasteiger partial charge is 0.504 e. The van der Waals surface area contributed by atoms with E-state index in [1.165, 1.54) is 25.1 Å². The fourth-order valence-electron chi connectivity index (χ4n) is 2.10. The Hall–Kier alpha value is -2.24. The van der Waals surface area contributed by atoms with Crippen LogP contribution < -0.4 is 0 Å². The first-order chi connectivity index (χ1) is 9.00. The summed E-state index contributed by atoms with van der Waals surface area (Å²) in [4.78, 5) is 26.6. The predicted molar refractivity (Wildman–Crippen MR) is 67.9 cm³/mol. The molecule has 1 aliphatic rings. The second-order valence-electron chi connectivity index (χ2n) is 4.47. The lowest BCUT2D eigenvalue weighted by Crippen LogP contribution is -2.50. The lowest BCUT2D eigenvalue weighted by atomic mass is 10.1. The number of carbonyl (C=O) groups excluding carboxylic acids is 2. The van der Waals surface area contributed by atoms with Crippen molar-refractivity contribution in [3.8, 4) is 11.5 Å². The number of nitrogens with zero attached hydrogens (tertiary/aromatic N) is 2. The van der Waals surface area contributed by atoms with Crippen LogP contribution in [0.5, 0.6) is 11.5 Å². The molecule has 1 heterocycles. The van der Waals surface area contributed by atoms with Crippen molar-refractivity contribution in [1.82, 2.24) is 9.80 Å². The number of hydrogen-bond donors (Lipinski definition) is 2. The standard InChI is InChI=1S/C13H16N2O4/c1-9(16)14-5-7-15(8-6-14)13(19)10-3-2-4-11(17)12(10)18/h2-4,17-18H,5-8H2,1H3. The molecule has 1 aromatic rings. The number of phenols is 2. The van der Waals surface area contributed by atoms with Crippen molar-refractivity contribution in [2.45, 2.75) is 6.92 Å². The summed E-state index contributed by atoms with van der Waals surface area (Å²) in [5.41, 5.74) is 0.0799. The molecule has 19 heavy (non-hydrogen) atoms. The van der Waals surface area contributed by atoms with Gasteiger partial charge in [-0.2, -0.15) is 0 Å². The quantitative estimate of drug-likeness (QED) is 0.719. The molecule has 6 nitrogen and oxygen atoms in total. The van der Waals surface area contributed by atoms with Crippen LogP contribution in [0.1, 0.15) is 17.3 Å². The number of rotatable bonds is 1. The molecule has 0 spiro atoms. The topological polar surface area (TPSA) is 81.1 Å². The number of aromatic hydroxyl groups is 2. The molecule has 2 rings (SSSR count). The molecule has 2 N–H and O–H groups in total. The summed E-state index contributed by atoms with van der Waals surface area (Å²) >= 11 is 0. The van der Waals surface area contributed by atoms with Crippen molar-refractivity contribution in [1.29, 1.82) is 0 Å². The highest BCUT2D eigenvalue weighted by Gasteiger charge is 2.25. The summed E-state index contributed by atoms with van der Waals surface area (Å²) in [6.07, 6.45) is 0. The molecule has 1 saturated heterocycles. The SMILES string of the molecule is CC(=O)N1CCN(C(=O)c2cccc(O)c2O)CC1. The number of carbonyl (C=O) groups is 2. The van der Waals surface area contributed by atoms with Crippen molar-refractivity contribution in [2.75, 3.05) is 26.2 Å². The summed E-state index contributed by atoms with van der Waals surface area (Å²) in [5, 5.41) is 19.1. The van der Waals surface area contributed by atoms with Gasteiger partial charge in [-0.05, 0) is 12.1 Å². The van der Waals surface area contributed by atoms with E-state index < -0.39 is 5.75 Å². The molecule has 0 aromatic heterocycles. The Morgan fingerprint density at radius 2 is 1.63 bits per heavy atom. The predicted octanol–water partition coefficient (Wildman–Crippen LogP) is 0.402. The summed E-state index contributed by atoms with van der Waals surface area (Å²) in [5.74, 6) is -1.06. The monoisotopic (exact) mass is 264 g/mol. The first-order valence-corrected chi connectivity index (χ1v) is 6.06. The van der Waals surface area contributed by atoms with Gasteiger partial charge in [0.2, 0.25) is 5.91 Å². The number of phenolic OH excluding ortho intramolecular Hbond substituents is 2. The normalized spacial score (nSPS) is 15.4. The Bertz CT molecular complexity index is 507. The summed E-state index contributed by atoms with van der Waals surface area (Å²) in [6.45, 7) is 3.32. The maximum Gasteiger partial charge on any atom is 0.257 e. The number of hydrogen-bond acceptors (Lipinski definition) is 4. The van der Waals surface area contributed by atoms with Gasteiger partial charge in [-0.25, -0.2) is 0 Å². The van der Waals surface area contributed by atoms with E-state index >= 15 is 0 Å². The average Bonchev–Trinajstić information content (AvgIpc) is 2.41. The third-order valence-corrected chi connectivity index (χ3v) is 3.26. The van der Waals surface area contributed by atoms with Crippen molar-refractivity contribution >= 4 is 11.8 Å². The van der Waals surface area contributed by atoms with Crippen LogP contribution in [0, 0.1) is 0 Å². The molecule has 0 bridgehead atoms. The van der Waals surface area contributed by atoms with Crippen molar-refractivity contribution in [2.24, 2.45) is 0 Å². The van der Waals surface area contributed by atoms with Gasteiger partial charge in [-0.15, -0.1) is 0 Å². The number of para-hydroxylation sites is 1. The van der Waals surface area contributed by atoms with Gasteiger partial charge >= 0.3 is 0 Å². The third kappa shape index (κ3) is 2.62. The first kappa shape index (κ1) is 13.2. The zero-order chi connectivity index (χ0) is 14.0. The van der Waals surface area contributed by atoms with Crippen molar-refractivity contribution in [3.05, 3.63) is 23.8 Å². The molecule has 0 radical (unpaired) electrons. The maximum atomic E-state index is 12.2. The zero-order valence-corrected chi connectivity index (χ0v) is 10.7. The molecular formula is C13H16N2O4. The second-order valence-corrected chi connectivity index (χ2v) is 4.47. The Kier molecular flexibility index (Phi) is 3.59. The maximum absolute atomic E-state index is 12.2. The highest BCUT2D eigenvalue weighted by molar-refractivity contribution is 5.97. The Labute approximate surface area is 110 Å². The van der Waals surface area contributed by atoms with Gasteiger partial charge < -0.3 is 20.0 Å². The van der Waals surface area contributed by atoms with Crippen LogP contribution in [0.2, 0.25) is 0 Å². The molecular weight excluding hydrogens is 248 g/mol. The van der Waals surface area contributed by atoms with Gasteiger partial charge in [0.05, 0.1) is 5.56 Å². The van der Waals surface area contributed by atoms with E-state index in [2.05, 4.69) is 0 Å². The van der Waals surface area contributed by atoms with Crippen LogP contribution in [0.3, 0.4) is 0 Å². The van der Waals surface area contributed by atoms with Crippen LogP contribution in [0.4, 0.5) is 0 Å². The average molecular weight is 264 g/mol. The van der Waals surface area contributed by atoms with Crippen LogP contribution in [-0.4, -0.2) is 58.0 Å². The summed E-state index contributed by atoms with van der Waals surface area (Å²) in [7, 11) is 0. The fraction of sp³-hybridized carbons (Fsp3) is 0.385. The molecule has 2 amide bonds. The molecule has 0 saturated carbocycles. The van der Waals surface area contributed by atoms with Gasteiger partial charge in [0.1, 0.15) is 0 Å². The Morgan fingerprint density at radius 3 is 2.21 bits per heavy atom. The lowest BCUT2D eigenvalue weighted by molar-refractivity contribution is -0.130. The molecule has 6 heteroatoms. The van der Waals surface area contributed by atoms with E-state index in [9.17, 15) is 19.8 Å². The summed E-state index contributed by atoms with van der Waals surface area (Å²) < 4.78 is 0.